The second kappa shape index (κ2) is 4.17. The molecule has 1 heterocycles. The predicted octanol–water partition coefficient (Wildman–Crippen LogP) is 2.07. The van der Waals surface area contributed by atoms with Gasteiger partial charge in [-0.05, 0) is 23.6 Å². The number of nitrogens with one attached hydrogen (secondary N) is 1. The van der Waals surface area contributed by atoms with Gasteiger partial charge in [-0.25, -0.2) is 0 Å². The Hall–Kier alpha value is -1.77. The molecule has 0 unspecified atom stereocenters. The SMILES string of the molecule is CC(=O)OCCc1cc2cc[c]cc2[nH]1. The molecule has 0 bridgehead atoms. The van der Waals surface area contributed by atoms with E-state index in [1.165, 1.54) is 6.92 Å². The molecule has 1 N–H and O–H groups in total. The summed E-state index contributed by atoms with van der Waals surface area (Å²) in [6.45, 7) is 1.84. The molecule has 1 aromatic heterocycles. The zero-order valence-corrected chi connectivity index (χ0v) is 8.54. The second-order valence-corrected chi connectivity index (χ2v) is 3.40. The highest BCUT2D eigenvalue weighted by Gasteiger charge is 2.00. The first-order valence-corrected chi connectivity index (χ1v) is 4.87. The largest absolute Gasteiger partial charge is 0.465 e. The first kappa shape index (κ1) is 9.77. The van der Waals surface area contributed by atoms with Crippen molar-refractivity contribution in [3.63, 3.8) is 0 Å². The van der Waals surface area contributed by atoms with Crippen LogP contribution < -0.4 is 0 Å². The van der Waals surface area contributed by atoms with Crippen LogP contribution in [0.25, 0.3) is 10.9 Å². The summed E-state index contributed by atoms with van der Waals surface area (Å²) < 4.78 is 4.88. The van der Waals surface area contributed by atoms with E-state index in [0.29, 0.717) is 13.0 Å². The van der Waals surface area contributed by atoms with E-state index in [0.717, 1.165) is 16.6 Å². The Morgan fingerprint density at radius 3 is 3.20 bits per heavy atom. The second-order valence-electron chi connectivity index (χ2n) is 3.40. The number of aromatic nitrogens is 1. The Kier molecular flexibility index (Phi) is 2.72. The number of carbonyl (C=O) groups is 1. The number of aromatic amines is 1. The van der Waals surface area contributed by atoms with Crippen molar-refractivity contribution in [2.24, 2.45) is 0 Å². The van der Waals surface area contributed by atoms with Crippen molar-refractivity contribution in [1.29, 1.82) is 0 Å². The maximum atomic E-state index is 10.6. The van der Waals surface area contributed by atoms with E-state index in [-0.39, 0.29) is 5.97 Å². The van der Waals surface area contributed by atoms with Crippen molar-refractivity contribution in [1.82, 2.24) is 4.98 Å². The Morgan fingerprint density at radius 2 is 2.47 bits per heavy atom. The molecule has 3 nitrogen and oxygen atoms in total. The fraction of sp³-hybridized carbons (Fsp3) is 0.250. The number of H-pyrrole nitrogens is 1. The third kappa shape index (κ3) is 2.37. The third-order valence-corrected chi connectivity index (χ3v) is 2.20. The summed E-state index contributed by atoms with van der Waals surface area (Å²) >= 11 is 0. The summed E-state index contributed by atoms with van der Waals surface area (Å²) in [6.07, 6.45) is 0.717. The number of carbonyl (C=O) groups excluding carboxylic acids is 1. The third-order valence-electron chi connectivity index (χ3n) is 2.20. The van der Waals surface area contributed by atoms with Crippen molar-refractivity contribution in [3.05, 3.63) is 36.0 Å². The van der Waals surface area contributed by atoms with Crippen LogP contribution in [0.4, 0.5) is 0 Å². The smallest absolute Gasteiger partial charge is 0.302 e. The Bertz CT molecular complexity index is 440. The van der Waals surface area contributed by atoms with Crippen molar-refractivity contribution < 1.29 is 9.53 Å². The summed E-state index contributed by atoms with van der Waals surface area (Å²) in [6, 6.07) is 10.9. The van der Waals surface area contributed by atoms with E-state index in [2.05, 4.69) is 17.1 Å². The number of hydrogen-bond donors (Lipinski definition) is 1. The van der Waals surface area contributed by atoms with Crippen molar-refractivity contribution in [2.45, 2.75) is 13.3 Å². The lowest BCUT2D eigenvalue weighted by atomic mass is 10.2. The van der Waals surface area contributed by atoms with Gasteiger partial charge in [-0.15, -0.1) is 0 Å². The Labute approximate surface area is 88.1 Å². The topological polar surface area (TPSA) is 42.1 Å². The number of fused-ring (bicyclic) bond motifs is 1. The van der Waals surface area contributed by atoms with Gasteiger partial charge in [0.2, 0.25) is 0 Å². The molecule has 0 saturated carbocycles. The van der Waals surface area contributed by atoms with Gasteiger partial charge in [0.25, 0.3) is 0 Å². The quantitative estimate of drug-likeness (QED) is 0.774. The predicted molar refractivity (Wildman–Crippen MR) is 57.5 cm³/mol. The first-order valence-electron chi connectivity index (χ1n) is 4.87. The van der Waals surface area contributed by atoms with Crippen molar-refractivity contribution in [3.8, 4) is 0 Å². The summed E-state index contributed by atoms with van der Waals surface area (Å²) in [4.78, 5) is 13.8. The van der Waals surface area contributed by atoms with Gasteiger partial charge in [-0.1, -0.05) is 12.1 Å². The molecule has 3 heteroatoms. The fourth-order valence-electron chi connectivity index (χ4n) is 1.51. The lowest BCUT2D eigenvalue weighted by Crippen LogP contribution is -2.03. The van der Waals surface area contributed by atoms with Crippen LogP contribution in [0.5, 0.6) is 0 Å². The molecule has 1 radical (unpaired) electrons. The number of rotatable bonds is 3. The van der Waals surface area contributed by atoms with E-state index < -0.39 is 0 Å². The molecule has 1 aromatic carbocycles. The zero-order valence-electron chi connectivity index (χ0n) is 8.54. The summed E-state index contributed by atoms with van der Waals surface area (Å²) in [7, 11) is 0. The van der Waals surface area contributed by atoms with Crippen LogP contribution in [-0.4, -0.2) is 17.6 Å². The molecule has 0 spiro atoms. The number of esters is 1. The zero-order chi connectivity index (χ0) is 10.7. The number of ether oxygens (including phenoxy) is 1. The maximum absolute atomic E-state index is 10.6. The minimum atomic E-state index is -0.237. The Balaban J connectivity index is 2.05. The highest BCUT2D eigenvalue weighted by molar-refractivity contribution is 5.80. The van der Waals surface area contributed by atoms with E-state index >= 15 is 0 Å². The molecular weight excluding hydrogens is 190 g/mol. The van der Waals surface area contributed by atoms with Gasteiger partial charge in [-0.3, -0.25) is 4.79 Å². The Morgan fingerprint density at radius 1 is 1.60 bits per heavy atom. The molecule has 0 aliphatic heterocycles. The molecule has 0 atom stereocenters. The highest BCUT2D eigenvalue weighted by Crippen LogP contribution is 2.14. The van der Waals surface area contributed by atoms with Gasteiger partial charge < -0.3 is 9.72 Å². The summed E-state index contributed by atoms with van der Waals surface area (Å²) in [5.74, 6) is -0.237. The molecule has 0 saturated heterocycles. The number of benzene rings is 1. The van der Waals surface area contributed by atoms with Crippen molar-refractivity contribution in [2.75, 3.05) is 6.61 Å². The van der Waals surface area contributed by atoms with Gasteiger partial charge >= 0.3 is 5.97 Å². The first-order chi connectivity index (χ1) is 7.25. The van der Waals surface area contributed by atoms with Crippen molar-refractivity contribution >= 4 is 16.9 Å². The lowest BCUT2D eigenvalue weighted by Gasteiger charge is -1.98. The minimum Gasteiger partial charge on any atom is -0.465 e. The minimum absolute atomic E-state index is 0.237. The highest BCUT2D eigenvalue weighted by atomic mass is 16.5. The molecule has 2 rings (SSSR count). The average molecular weight is 202 g/mol. The molecule has 0 aliphatic carbocycles. The van der Waals surface area contributed by atoms with Crippen LogP contribution in [0.1, 0.15) is 12.6 Å². The van der Waals surface area contributed by atoms with E-state index in [9.17, 15) is 4.79 Å². The van der Waals surface area contributed by atoms with E-state index in [1.807, 2.05) is 18.2 Å². The number of hydrogen-bond acceptors (Lipinski definition) is 2. The van der Waals surface area contributed by atoms with E-state index in [4.69, 9.17) is 4.74 Å². The van der Waals surface area contributed by atoms with Gasteiger partial charge in [0.1, 0.15) is 0 Å². The molecule has 2 aromatic rings. The molecular formula is C12H12NO2. The molecule has 15 heavy (non-hydrogen) atoms. The van der Waals surface area contributed by atoms with Crippen LogP contribution in [0.15, 0.2) is 24.3 Å². The van der Waals surface area contributed by atoms with Gasteiger partial charge in [0, 0.05) is 24.6 Å². The standard InChI is InChI=1S/C12H12NO2/c1-9(14)15-7-6-11-8-10-4-2-3-5-12(10)13-11/h2,4-5,8,13H,6-7H2,1H3. The van der Waals surface area contributed by atoms with Crippen LogP contribution >= 0.6 is 0 Å². The van der Waals surface area contributed by atoms with Crippen LogP contribution in [-0.2, 0) is 16.0 Å². The average Bonchev–Trinajstić information content (AvgIpc) is 2.59. The fourth-order valence-corrected chi connectivity index (χ4v) is 1.51. The van der Waals surface area contributed by atoms with Gasteiger partial charge in [0.15, 0.2) is 0 Å². The lowest BCUT2D eigenvalue weighted by molar-refractivity contribution is -0.140. The summed E-state index contributed by atoms with van der Waals surface area (Å²) in [5, 5.41) is 1.16. The maximum Gasteiger partial charge on any atom is 0.302 e. The molecule has 0 aliphatic rings. The van der Waals surface area contributed by atoms with Gasteiger partial charge in [-0.2, -0.15) is 0 Å². The van der Waals surface area contributed by atoms with Crippen LogP contribution in [0, 0.1) is 6.07 Å². The van der Waals surface area contributed by atoms with Gasteiger partial charge in [0.05, 0.1) is 6.61 Å². The normalized spacial score (nSPS) is 10.5. The molecule has 0 fully saturated rings. The van der Waals surface area contributed by atoms with Crippen LogP contribution in [0.2, 0.25) is 0 Å². The monoisotopic (exact) mass is 202 g/mol. The van der Waals surface area contributed by atoms with E-state index in [1.54, 1.807) is 0 Å². The molecule has 77 valence electrons. The molecule has 0 amide bonds. The van der Waals surface area contributed by atoms with Crippen LogP contribution in [0.3, 0.4) is 0 Å². The summed E-state index contributed by atoms with van der Waals surface area (Å²) in [5.41, 5.74) is 2.14.